The zero-order valence-electron chi connectivity index (χ0n) is 22.4. The quantitative estimate of drug-likeness (QED) is 0.0810. The van der Waals surface area contributed by atoms with Gasteiger partial charge in [-0.1, -0.05) is 55.1 Å². The lowest BCUT2D eigenvalue weighted by atomic mass is 9.99. The highest BCUT2D eigenvalue weighted by atomic mass is 33.1. The van der Waals surface area contributed by atoms with Crippen molar-refractivity contribution in [1.29, 1.82) is 0 Å². The minimum absolute atomic E-state index is 0.00344. The Morgan fingerprint density at radius 3 is 2.19 bits per heavy atom. The number of rotatable bonds is 12. The van der Waals surface area contributed by atoms with Crippen LogP contribution in [0, 0.1) is 10.1 Å². The standard InChI is InChI=1S/C29H27N3O8S2/c1-19(2)26(29(35)40-18-21-13-15-22(16-14-21)32(36)37)31-27(34)25(30-24(33)17-20-9-5-3-6-10-20)28(31)41-42(38,39)23-11-7-4-8-12-23/h3-16,25-26,28H,1,17-18H2,2H3,(H,30,33). The van der Waals surface area contributed by atoms with Gasteiger partial charge in [0.1, 0.15) is 18.0 Å². The Balaban J connectivity index is 1.56. The minimum atomic E-state index is -4.02. The lowest BCUT2D eigenvalue weighted by Gasteiger charge is -2.49. The van der Waals surface area contributed by atoms with Crippen LogP contribution in [0.15, 0.2) is 102 Å². The van der Waals surface area contributed by atoms with E-state index in [-0.39, 0.29) is 29.2 Å². The molecular weight excluding hydrogens is 582 g/mol. The molecule has 42 heavy (non-hydrogen) atoms. The molecule has 3 aromatic rings. The van der Waals surface area contributed by atoms with Crippen molar-refractivity contribution in [3.05, 3.63) is 118 Å². The molecular formula is C29H27N3O8S2. The summed E-state index contributed by atoms with van der Waals surface area (Å²) in [5.41, 5.74) is 1.26. The first-order chi connectivity index (χ1) is 20.0. The molecule has 1 saturated heterocycles. The third-order valence-electron chi connectivity index (χ3n) is 6.36. The number of amides is 2. The number of ether oxygens (including phenoxy) is 1. The molecule has 3 unspecified atom stereocenters. The van der Waals surface area contributed by atoms with Gasteiger partial charge in [-0.05, 0) is 47.9 Å². The lowest BCUT2D eigenvalue weighted by Crippen LogP contribution is -2.73. The van der Waals surface area contributed by atoms with E-state index in [4.69, 9.17) is 4.74 Å². The first-order valence-electron chi connectivity index (χ1n) is 12.7. The second-order valence-corrected chi connectivity index (χ2v) is 13.4. The van der Waals surface area contributed by atoms with Crippen LogP contribution in [0.1, 0.15) is 18.1 Å². The molecule has 3 atom stereocenters. The van der Waals surface area contributed by atoms with Crippen molar-refractivity contribution in [2.75, 3.05) is 0 Å². The highest BCUT2D eigenvalue weighted by Crippen LogP contribution is 2.39. The molecule has 1 aliphatic heterocycles. The van der Waals surface area contributed by atoms with Gasteiger partial charge in [0.2, 0.25) is 20.7 Å². The van der Waals surface area contributed by atoms with E-state index >= 15 is 0 Å². The van der Waals surface area contributed by atoms with Gasteiger partial charge in [0.15, 0.2) is 6.04 Å². The molecule has 2 amide bonds. The van der Waals surface area contributed by atoms with Gasteiger partial charge in [-0.15, -0.1) is 0 Å². The normalized spacial score (nSPS) is 17.1. The van der Waals surface area contributed by atoms with Crippen LogP contribution in [-0.4, -0.2) is 53.5 Å². The molecule has 0 bridgehead atoms. The highest BCUT2D eigenvalue weighted by Gasteiger charge is 2.55. The topological polar surface area (TPSA) is 153 Å². The fourth-order valence-corrected chi connectivity index (χ4v) is 7.81. The maximum Gasteiger partial charge on any atom is 0.333 e. The number of nitrogens with one attached hydrogen (secondary N) is 1. The Kier molecular flexibility index (Phi) is 9.43. The van der Waals surface area contributed by atoms with Crippen LogP contribution in [0.3, 0.4) is 0 Å². The second kappa shape index (κ2) is 13.0. The molecule has 0 saturated carbocycles. The molecule has 0 spiro atoms. The molecule has 3 aromatic carbocycles. The average molecular weight is 610 g/mol. The fraction of sp³-hybridized carbons (Fsp3) is 0.207. The van der Waals surface area contributed by atoms with E-state index in [9.17, 15) is 32.9 Å². The van der Waals surface area contributed by atoms with Gasteiger partial charge >= 0.3 is 5.97 Å². The monoisotopic (exact) mass is 609 g/mol. The van der Waals surface area contributed by atoms with E-state index in [0.717, 1.165) is 4.90 Å². The Morgan fingerprint density at radius 1 is 1.02 bits per heavy atom. The second-order valence-electron chi connectivity index (χ2n) is 9.49. The number of non-ortho nitro benzene ring substituents is 1. The minimum Gasteiger partial charge on any atom is -0.459 e. The number of benzene rings is 3. The number of nitro benzene ring substituents is 1. The Labute approximate surface area is 246 Å². The summed E-state index contributed by atoms with van der Waals surface area (Å²) < 4.78 is 32.0. The van der Waals surface area contributed by atoms with Crippen LogP contribution < -0.4 is 5.32 Å². The van der Waals surface area contributed by atoms with Crippen LogP contribution in [0.25, 0.3) is 0 Å². The predicted octanol–water partition coefficient (Wildman–Crippen LogP) is 3.60. The summed E-state index contributed by atoms with van der Waals surface area (Å²) in [5, 5.41) is 12.3. The first-order valence-corrected chi connectivity index (χ1v) is 15.5. The molecule has 1 fully saturated rings. The van der Waals surface area contributed by atoms with Crippen molar-refractivity contribution in [1.82, 2.24) is 10.2 Å². The number of carbonyl (C=O) groups excluding carboxylic acids is 3. The van der Waals surface area contributed by atoms with Crippen LogP contribution in [0.2, 0.25) is 0 Å². The molecule has 4 rings (SSSR count). The van der Waals surface area contributed by atoms with Crippen LogP contribution in [0.5, 0.6) is 0 Å². The van der Waals surface area contributed by atoms with Crippen molar-refractivity contribution < 1.29 is 32.5 Å². The summed E-state index contributed by atoms with van der Waals surface area (Å²) >= 11 is 0. The molecule has 11 nitrogen and oxygen atoms in total. The summed E-state index contributed by atoms with van der Waals surface area (Å²) in [6.07, 6.45) is -0.0331. The lowest BCUT2D eigenvalue weighted by molar-refractivity contribution is -0.384. The van der Waals surface area contributed by atoms with E-state index in [1.54, 1.807) is 48.5 Å². The summed E-state index contributed by atoms with van der Waals surface area (Å²) in [6, 6.07) is 19.2. The van der Waals surface area contributed by atoms with Gasteiger partial charge < -0.3 is 15.0 Å². The van der Waals surface area contributed by atoms with Crippen LogP contribution in [-0.2, 0) is 41.0 Å². The van der Waals surface area contributed by atoms with E-state index in [1.165, 1.54) is 43.3 Å². The molecule has 0 aromatic heterocycles. The number of likely N-dealkylation sites (tertiary alicyclic amines) is 1. The van der Waals surface area contributed by atoms with Crippen LogP contribution >= 0.6 is 10.8 Å². The van der Waals surface area contributed by atoms with Gasteiger partial charge in [0.25, 0.3) is 5.69 Å². The Hall–Kier alpha value is -4.49. The zero-order valence-corrected chi connectivity index (χ0v) is 24.0. The molecule has 218 valence electrons. The van der Waals surface area contributed by atoms with Gasteiger partial charge in [-0.2, -0.15) is 0 Å². The molecule has 13 heteroatoms. The summed E-state index contributed by atoms with van der Waals surface area (Å²) in [5.74, 6) is -2.03. The van der Waals surface area contributed by atoms with Crippen molar-refractivity contribution in [3.63, 3.8) is 0 Å². The highest BCUT2D eigenvalue weighted by molar-refractivity contribution is 8.72. The molecule has 0 radical (unpaired) electrons. The van der Waals surface area contributed by atoms with E-state index in [2.05, 4.69) is 11.9 Å². The van der Waals surface area contributed by atoms with Gasteiger partial charge in [-0.25, -0.2) is 13.2 Å². The smallest absolute Gasteiger partial charge is 0.333 e. The number of nitrogens with zero attached hydrogens (tertiary/aromatic N) is 2. The molecule has 1 heterocycles. The third-order valence-corrected chi connectivity index (χ3v) is 10.1. The van der Waals surface area contributed by atoms with Gasteiger partial charge in [0.05, 0.1) is 16.2 Å². The SMILES string of the molecule is C=C(C)C(C(=O)OCc1ccc([N+](=O)[O-])cc1)N1C(=O)C(NC(=O)Cc2ccccc2)C1SS(=O)(=O)c1ccccc1. The van der Waals surface area contributed by atoms with E-state index < -0.39 is 49.0 Å². The van der Waals surface area contributed by atoms with E-state index in [0.29, 0.717) is 21.9 Å². The van der Waals surface area contributed by atoms with Crippen LogP contribution in [0.4, 0.5) is 5.69 Å². The summed E-state index contributed by atoms with van der Waals surface area (Å²) in [6.45, 7) is 5.06. The number of hydrogen-bond donors (Lipinski definition) is 1. The van der Waals surface area contributed by atoms with Gasteiger partial charge in [0, 0.05) is 22.9 Å². The Bertz CT molecular complexity index is 1600. The molecule has 0 aliphatic carbocycles. The number of hydrogen-bond acceptors (Lipinski definition) is 9. The van der Waals surface area contributed by atoms with E-state index in [1.807, 2.05) is 0 Å². The average Bonchev–Trinajstić information content (AvgIpc) is 2.97. The number of carbonyl (C=O) groups is 3. The fourth-order valence-electron chi connectivity index (χ4n) is 4.27. The number of esters is 1. The number of nitro groups is 1. The Morgan fingerprint density at radius 2 is 1.62 bits per heavy atom. The molecule has 1 N–H and O–H groups in total. The van der Waals surface area contributed by atoms with Crippen molar-refractivity contribution >= 4 is 43.1 Å². The first kappa shape index (κ1) is 30.5. The zero-order chi connectivity index (χ0) is 30.4. The summed E-state index contributed by atoms with van der Waals surface area (Å²) in [4.78, 5) is 50.8. The molecule has 1 aliphatic rings. The van der Waals surface area contributed by atoms with Gasteiger partial charge in [-0.3, -0.25) is 19.7 Å². The number of β-lactam (4-membered cyclic amide) rings is 1. The summed E-state index contributed by atoms with van der Waals surface area (Å²) in [7, 11) is -3.58. The van der Waals surface area contributed by atoms with Crippen molar-refractivity contribution in [3.8, 4) is 0 Å². The predicted molar refractivity (Wildman–Crippen MR) is 155 cm³/mol. The maximum absolute atomic E-state index is 13.4. The largest absolute Gasteiger partial charge is 0.459 e. The maximum atomic E-state index is 13.4. The van der Waals surface area contributed by atoms with Crippen molar-refractivity contribution in [2.24, 2.45) is 0 Å². The third kappa shape index (κ3) is 7.04. The van der Waals surface area contributed by atoms with Crippen molar-refractivity contribution in [2.45, 2.75) is 42.3 Å².